The molecule has 1 N–H and O–H groups in total. The number of phenolic OH excluding ortho intramolecular Hbond substituents is 1. The minimum atomic E-state index is 0.384. The minimum Gasteiger partial charge on any atom is -0.507 e. The van der Waals surface area contributed by atoms with Crippen LogP contribution in [0.15, 0.2) is 36.4 Å². The number of aryl methyl sites for hydroxylation is 3. The van der Waals surface area contributed by atoms with Gasteiger partial charge in [-0.15, -0.1) is 0 Å². The summed E-state index contributed by atoms with van der Waals surface area (Å²) in [7, 11) is 0. The largest absolute Gasteiger partial charge is 0.507 e. The van der Waals surface area contributed by atoms with Gasteiger partial charge in [0.1, 0.15) is 5.75 Å². The predicted octanol–water partition coefficient (Wildman–Crippen LogP) is 4.75. The standard InChI is InChI=1S/C18H22O/c1-4-13-10-14(5-2)12-16(11-13)18-15(6-3)8-7-9-17(18)19/h7-12,19H,4-6H2,1-3H3. The van der Waals surface area contributed by atoms with Gasteiger partial charge in [-0.2, -0.15) is 0 Å². The molecule has 0 aromatic heterocycles. The molecule has 19 heavy (non-hydrogen) atoms. The van der Waals surface area contributed by atoms with Crippen molar-refractivity contribution in [3.8, 4) is 16.9 Å². The van der Waals surface area contributed by atoms with Crippen LogP contribution in [0, 0.1) is 0 Å². The van der Waals surface area contributed by atoms with Gasteiger partial charge < -0.3 is 5.11 Å². The van der Waals surface area contributed by atoms with Gasteiger partial charge in [-0.1, -0.05) is 51.1 Å². The molecular weight excluding hydrogens is 232 g/mol. The van der Waals surface area contributed by atoms with Crippen molar-refractivity contribution in [2.75, 3.05) is 0 Å². The third-order valence-electron chi connectivity index (χ3n) is 3.67. The Labute approximate surface area is 115 Å². The highest BCUT2D eigenvalue weighted by Gasteiger charge is 2.10. The summed E-state index contributed by atoms with van der Waals surface area (Å²) in [5.41, 5.74) is 6.01. The van der Waals surface area contributed by atoms with E-state index in [0.717, 1.165) is 30.4 Å². The van der Waals surface area contributed by atoms with Crippen LogP contribution in [-0.2, 0) is 19.3 Å². The van der Waals surface area contributed by atoms with Crippen molar-refractivity contribution in [1.82, 2.24) is 0 Å². The highest BCUT2D eigenvalue weighted by Crippen LogP contribution is 2.34. The lowest BCUT2D eigenvalue weighted by Crippen LogP contribution is -1.93. The fourth-order valence-electron chi connectivity index (χ4n) is 2.53. The molecule has 0 aliphatic rings. The zero-order valence-electron chi connectivity index (χ0n) is 12.0. The lowest BCUT2D eigenvalue weighted by molar-refractivity contribution is 0.476. The molecule has 0 aliphatic heterocycles. The second-order valence-corrected chi connectivity index (χ2v) is 4.91. The average Bonchev–Trinajstić information content (AvgIpc) is 2.46. The van der Waals surface area contributed by atoms with E-state index < -0.39 is 0 Å². The second kappa shape index (κ2) is 5.92. The third-order valence-corrected chi connectivity index (χ3v) is 3.67. The molecular formula is C18H22O. The van der Waals surface area contributed by atoms with Crippen molar-refractivity contribution in [2.45, 2.75) is 40.0 Å². The Morgan fingerprint density at radius 2 is 1.47 bits per heavy atom. The van der Waals surface area contributed by atoms with E-state index in [1.165, 1.54) is 16.7 Å². The first-order valence-electron chi connectivity index (χ1n) is 7.13. The summed E-state index contributed by atoms with van der Waals surface area (Å²) in [6.45, 7) is 6.47. The van der Waals surface area contributed by atoms with Crippen LogP contribution in [0.4, 0.5) is 0 Å². The molecule has 0 fully saturated rings. The van der Waals surface area contributed by atoms with Crippen molar-refractivity contribution in [1.29, 1.82) is 0 Å². The van der Waals surface area contributed by atoms with E-state index in [2.05, 4.69) is 45.0 Å². The Bertz CT molecular complexity index is 548. The molecule has 0 saturated heterocycles. The lowest BCUT2D eigenvalue weighted by Gasteiger charge is -2.13. The van der Waals surface area contributed by atoms with E-state index in [-0.39, 0.29) is 0 Å². The normalized spacial score (nSPS) is 10.7. The third kappa shape index (κ3) is 2.81. The van der Waals surface area contributed by atoms with Crippen molar-refractivity contribution < 1.29 is 5.11 Å². The minimum absolute atomic E-state index is 0.384. The van der Waals surface area contributed by atoms with Gasteiger partial charge in [-0.05, 0) is 47.6 Å². The quantitative estimate of drug-likeness (QED) is 0.835. The molecule has 0 bridgehead atoms. The van der Waals surface area contributed by atoms with Gasteiger partial charge in [-0.3, -0.25) is 0 Å². The first kappa shape index (κ1) is 13.7. The summed E-state index contributed by atoms with van der Waals surface area (Å²) in [5.74, 6) is 0.384. The maximum absolute atomic E-state index is 10.2. The second-order valence-electron chi connectivity index (χ2n) is 4.91. The van der Waals surface area contributed by atoms with Crippen LogP contribution < -0.4 is 0 Å². The summed E-state index contributed by atoms with van der Waals surface area (Å²) < 4.78 is 0. The van der Waals surface area contributed by atoms with Crippen molar-refractivity contribution in [3.63, 3.8) is 0 Å². The zero-order valence-corrected chi connectivity index (χ0v) is 12.0. The van der Waals surface area contributed by atoms with Gasteiger partial charge in [0, 0.05) is 5.56 Å². The van der Waals surface area contributed by atoms with Crippen LogP contribution in [0.1, 0.15) is 37.5 Å². The molecule has 0 spiro atoms. The molecule has 0 atom stereocenters. The Balaban J connectivity index is 2.64. The molecule has 1 nitrogen and oxygen atoms in total. The highest BCUT2D eigenvalue weighted by molar-refractivity contribution is 5.74. The van der Waals surface area contributed by atoms with Crippen LogP contribution in [0.2, 0.25) is 0 Å². The van der Waals surface area contributed by atoms with Gasteiger partial charge in [0.15, 0.2) is 0 Å². The number of rotatable bonds is 4. The summed E-state index contributed by atoms with van der Waals surface area (Å²) in [5, 5.41) is 10.2. The van der Waals surface area contributed by atoms with E-state index in [4.69, 9.17) is 0 Å². The Morgan fingerprint density at radius 1 is 0.842 bits per heavy atom. The van der Waals surface area contributed by atoms with Crippen molar-refractivity contribution >= 4 is 0 Å². The number of phenols is 1. The van der Waals surface area contributed by atoms with Crippen molar-refractivity contribution in [2.24, 2.45) is 0 Å². The predicted molar refractivity (Wildman–Crippen MR) is 81.7 cm³/mol. The summed E-state index contributed by atoms with van der Waals surface area (Å²) in [6.07, 6.45) is 2.98. The molecule has 2 aromatic rings. The monoisotopic (exact) mass is 254 g/mol. The van der Waals surface area contributed by atoms with Crippen molar-refractivity contribution in [3.05, 3.63) is 53.1 Å². The fourth-order valence-corrected chi connectivity index (χ4v) is 2.53. The fraction of sp³-hybridized carbons (Fsp3) is 0.333. The molecule has 0 radical (unpaired) electrons. The molecule has 2 rings (SSSR count). The summed E-state index contributed by atoms with van der Waals surface area (Å²) in [6, 6.07) is 12.5. The molecule has 0 amide bonds. The molecule has 0 unspecified atom stereocenters. The Hall–Kier alpha value is -1.76. The van der Waals surface area contributed by atoms with Crippen LogP contribution in [-0.4, -0.2) is 5.11 Å². The van der Waals surface area contributed by atoms with E-state index in [0.29, 0.717) is 5.75 Å². The number of hydrogen-bond donors (Lipinski definition) is 1. The average molecular weight is 254 g/mol. The number of benzene rings is 2. The Morgan fingerprint density at radius 3 is 2.00 bits per heavy atom. The van der Waals surface area contributed by atoms with E-state index >= 15 is 0 Å². The van der Waals surface area contributed by atoms with Gasteiger partial charge in [-0.25, -0.2) is 0 Å². The lowest BCUT2D eigenvalue weighted by atomic mass is 9.93. The number of aromatic hydroxyl groups is 1. The van der Waals surface area contributed by atoms with Gasteiger partial charge in [0.05, 0.1) is 0 Å². The van der Waals surface area contributed by atoms with Gasteiger partial charge in [0.2, 0.25) is 0 Å². The van der Waals surface area contributed by atoms with Crippen LogP contribution in [0.25, 0.3) is 11.1 Å². The van der Waals surface area contributed by atoms with Gasteiger partial charge >= 0.3 is 0 Å². The van der Waals surface area contributed by atoms with Crippen LogP contribution in [0.5, 0.6) is 5.75 Å². The molecule has 0 heterocycles. The topological polar surface area (TPSA) is 20.2 Å². The first-order valence-corrected chi connectivity index (χ1v) is 7.13. The number of hydrogen-bond acceptors (Lipinski definition) is 1. The van der Waals surface area contributed by atoms with Crippen LogP contribution >= 0.6 is 0 Å². The first-order chi connectivity index (χ1) is 9.19. The SMILES string of the molecule is CCc1cc(CC)cc(-c2c(O)cccc2CC)c1. The zero-order chi connectivity index (χ0) is 13.8. The summed E-state index contributed by atoms with van der Waals surface area (Å²) in [4.78, 5) is 0. The maximum atomic E-state index is 10.2. The van der Waals surface area contributed by atoms with E-state index in [1.54, 1.807) is 6.07 Å². The molecule has 1 heteroatoms. The van der Waals surface area contributed by atoms with E-state index in [1.807, 2.05) is 6.07 Å². The summed E-state index contributed by atoms with van der Waals surface area (Å²) >= 11 is 0. The van der Waals surface area contributed by atoms with E-state index in [9.17, 15) is 5.11 Å². The molecule has 2 aromatic carbocycles. The maximum Gasteiger partial charge on any atom is 0.123 e. The molecule has 100 valence electrons. The smallest absolute Gasteiger partial charge is 0.123 e. The highest BCUT2D eigenvalue weighted by atomic mass is 16.3. The Kier molecular flexibility index (Phi) is 4.26. The van der Waals surface area contributed by atoms with Crippen LogP contribution in [0.3, 0.4) is 0 Å². The molecule has 0 saturated carbocycles. The van der Waals surface area contributed by atoms with Gasteiger partial charge in [0.25, 0.3) is 0 Å². The molecule has 0 aliphatic carbocycles.